The Balaban J connectivity index is 1.36. The lowest BCUT2D eigenvalue weighted by Crippen LogP contribution is -2.27. The van der Waals surface area contributed by atoms with E-state index in [0.717, 1.165) is 22.2 Å². The molecule has 148 valence electrons. The molecule has 0 saturated carbocycles. The Hall–Kier alpha value is -3.61. The van der Waals surface area contributed by atoms with Gasteiger partial charge in [-0.05, 0) is 29.8 Å². The van der Waals surface area contributed by atoms with Crippen molar-refractivity contribution in [2.45, 2.75) is 12.8 Å². The Morgan fingerprint density at radius 1 is 1.17 bits per heavy atom. The molecule has 0 radical (unpaired) electrons. The van der Waals surface area contributed by atoms with Crippen LogP contribution in [0.3, 0.4) is 0 Å². The number of hydrogen-bond acceptors (Lipinski definition) is 5. The molecule has 7 nitrogen and oxygen atoms in total. The van der Waals surface area contributed by atoms with Gasteiger partial charge in [0.05, 0.1) is 7.11 Å². The number of aromatic nitrogens is 3. The van der Waals surface area contributed by atoms with Gasteiger partial charge in [0.25, 0.3) is 5.91 Å². The lowest BCUT2D eigenvalue weighted by atomic mass is 10.1. The molecule has 4 aromatic rings. The number of ether oxygens (including phenoxy) is 1. The summed E-state index contributed by atoms with van der Waals surface area (Å²) in [4.78, 5) is 17.0. The van der Waals surface area contributed by atoms with Crippen LogP contribution in [0.4, 0.5) is 0 Å². The van der Waals surface area contributed by atoms with E-state index < -0.39 is 0 Å². The fourth-order valence-electron chi connectivity index (χ4n) is 3.29. The number of nitrogens with zero attached hydrogens (tertiary/aromatic N) is 3. The van der Waals surface area contributed by atoms with Gasteiger partial charge in [0, 0.05) is 37.3 Å². The van der Waals surface area contributed by atoms with Crippen LogP contribution in [-0.4, -0.2) is 34.3 Å². The normalized spacial score (nSPS) is 11.0. The van der Waals surface area contributed by atoms with Crippen molar-refractivity contribution in [2.75, 3.05) is 13.7 Å². The number of benzene rings is 2. The summed E-state index contributed by atoms with van der Waals surface area (Å²) in [6.45, 7) is 0.413. The van der Waals surface area contributed by atoms with Crippen molar-refractivity contribution >= 4 is 16.8 Å². The van der Waals surface area contributed by atoms with Crippen molar-refractivity contribution in [1.29, 1.82) is 0 Å². The van der Waals surface area contributed by atoms with Gasteiger partial charge in [0.15, 0.2) is 5.82 Å². The van der Waals surface area contributed by atoms with Gasteiger partial charge in [0.1, 0.15) is 11.4 Å². The summed E-state index contributed by atoms with van der Waals surface area (Å²) in [6.07, 6.45) is 1.10. The fourth-order valence-corrected chi connectivity index (χ4v) is 3.29. The Kier molecular flexibility index (Phi) is 5.29. The van der Waals surface area contributed by atoms with E-state index in [1.54, 1.807) is 7.11 Å². The van der Waals surface area contributed by atoms with Crippen molar-refractivity contribution in [3.05, 3.63) is 77.6 Å². The third kappa shape index (κ3) is 4.13. The van der Waals surface area contributed by atoms with Crippen LogP contribution in [-0.2, 0) is 19.9 Å². The van der Waals surface area contributed by atoms with Gasteiger partial charge in [-0.2, -0.15) is 4.98 Å². The van der Waals surface area contributed by atoms with Gasteiger partial charge in [-0.3, -0.25) is 4.79 Å². The molecule has 0 aliphatic rings. The van der Waals surface area contributed by atoms with E-state index in [1.165, 1.54) is 0 Å². The monoisotopic (exact) mass is 390 g/mol. The summed E-state index contributed by atoms with van der Waals surface area (Å²) in [5.41, 5.74) is 2.68. The minimum absolute atomic E-state index is 0.147. The largest absolute Gasteiger partial charge is 0.497 e. The zero-order chi connectivity index (χ0) is 20.2. The molecule has 0 spiro atoms. The van der Waals surface area contributed by atoms with Gasteiger partial charge in [-0.15, -0.1) is 0 Å². The van der Waals surface area contributed by atoms with Crippen molar-refractivity contribution in [2.24, 2.45) is 7.05 Å². The minimum atomic E-state index is -0.147. The van der Waals surface area contributed by atoms with E-state index in [-0.39, 0.29) is 5.91 Å². The van der Waals surface area contributed by atoms with Crippen LogP contribution in [0.25, 0.3) is 10.9 Å². The predicted octanol–water partition coefficient (Wildman–Crippen LogP) is 3.13. The van der Waals surface area contributed by atoms with Crippen LogP contribution >= 0.6 is 0 Å². The second-order valence-electron chi connectivity index (χ2n) is 6.79. The molecule has 0 bridgehead atoms. The molecule has 7 heteroatoms. The van der Waals surface area contributed by atoms with E-state index in [2.05, 4.69) is 15.5 Å². The topological polar surface area (TPSA) is 82.2 Å². The number of rotatable bonds is 7. The number of methoxy groups -OCH3 is 1. The lowest BCUT2D eigenvalue weighted by molar-refractivity contribution is 0.0945. The molecule has 0 aliphatic carbocycles. The van der Waals surface area contributed by atoms with Crippen molar-refractivity contribution in [3.8, 4) is 5.75 Å². The van der Waals surface area contributed by atoms with Crippen LogP contribution in [0.2, 0.25) is 0 Å². The minimum Gasteiger partial charge on any atom is -0.497 e. The highest BCUT2D eigenvalue weighted by molar-refractivity contribution is 5.99. The Morgan fingerprint density at radius 3 is 2.79 bits per heavy atom. The number of fused-ring (bicyclic) bond motifs is 1. The molecule has 29 heavy (non-hydrogen) atoms. The van der Waals surface area contributed by atoms with Gasteiger partial charge < -0.3 is 19.1 Å². The summed E-state index contributed by atoms with van der Waals surface area (Å²) >= 11 is 0. The summed E-state index contributed by atoms with van der Waals surface area (Å²) in [6, 6.07) is 17.6. The van der Waals surface area contributed by atoms with Gasteiger partial charge >= 0.3 is 0 Å². The summed E-state index contributed by atoms with van der Waals surface area (Å²) in [5, 5.41) is 7.89. The number of nitrogens with one attached hydrogen (secondary N) is 1. The van der Waals surface area contributed by atoms with Gasteiger partial charge in [0.2, 0.25) is 5.89 Å². The molecule has 2 heterocycles. The second kappa shape index (κ2) is 8.18. The third-order valence-electron chi connectivity index (χ3n) is 4.82. The third-order valence-corrected chi connectivity index (χ3v) is 4.82. The van der Waals surface area contributed by atoms with Crippen LogP contribution in [0, 0.1) is 0 Å². The van der Waals surface area contributed by atoms with Crippen molar-refractivity contribution in [3.63, 3.8) is 0 Å². The SMILES string of the molecule is COc1ccc2c(c1)cc(C(=O)NCCc1nc(Cc3ccccc3)no1)n2C. The smallest absolute Gasteiger partial charge is 0.267 e. The first kappa shape index (κ1) is 18.7. The van der Waals surface area contributed by atoms with Gasteiger partial charge in [-0.1, -0.05) is 35.5 Å². The van der Waals surface area contributed by atoms with E-state index in [0.29, 0.717) is 36.8 Å². The first-order chi connectivity index (χ1) is 14.1. The summed E-state index contributed by atoms with van der Waals surface area (Å²) in [7, 11) is 3.50. The molecule has 0 aliphatic heterocycles. The predicted molar refractivity (Wildman–Crippen MR) is 109 cm³/mol. The highest BCUT2D eigenvalue weighted by Gasteiger charge is 2.14. The molecular formula is C22H22N4O3. The summed E-state index contributed by atoms with van der Waals surface area (Å²) in [5.74, 6) is 1.77. The molecule has 0 atom stereocenters. The average Bonchev–Trinajstić information content (AvgIpc) is 3.32. The maximum Gasteiger partial charge on any atom is 0.267 e. The Labute approximate surface area is 168 Å². The molecule has 1 N–H and O–H groups in total. The maximum atomic E-state index is 12.6. The van der Waals surface area contributed by atoms with E-state index in [9.17, 15) is 4.79 Å². The Bertz CT molecular complexity index is 1130. The standard InChI is InChI=1S/C22H22N4O3/c1-26-18-9-8-17(28-2)13-16(18)14-19(26)22(27)23-11-10-21-24-20(25-29-21)12-15-6-4-3-5-7-15/h3-9,13-14H,10-12H2,1-2H3,(H,23,27). The van der Waals surface area contributed by atoms with Gasteiger partial charge in [-0.25, -0.2) is 0 Å². The maximum absolute atomic E-state index is 12.6. The zero-order valence-corrected chi connectivity index (χ0v) is 16.4. The lowest BCUT2D eigenvalue weighted by Gasteiger charge is -2.05. The van der Waals surface area contributed by atoms with E-state index in [4.69, 9.17) is 9.26 Å². The number of carbonyl (C=O) groups excluding carboxylic acids is 1. The molecular weight excluding hydrogens is 368 g/mol. The van der Waals surface area contributed by atoms with Crippen molar-refractivity contribution < 1.29 is 14.1 Å². The second-order valence-corrected chi connectivity index (χ2v) is 6.79. The van der Waals surface area contributed by atoms with E-state index in [1.807, 2.05) is 66.2 Å². The van der Waals surface area contributed by atoms with Crippen LogP contribution < -0.4 is 10.1 Å². The number of hydrogen-bond donors (Lipinski definition) is 1. The number of amides is 1. The average molecular weight is 390 g/mol. The van der Waals surface area contributed by atoms with E-state index >= 15 is 0 Å². The van der Waals surface area contributed by atoms with Crippen LogP contribution in [0.1, 0.15) is 27.8 Å². The van der Waals surface area contributed by atoms with Crippen LogP contribution in [0.15, 0.2) is 59.1 Å². The highest BCUT2D eigenvalue weighted by Crippen LogP contribution is 2.23. The summed E-state index contributed by atoms with van der Waals surface area (Å²) < 4.78 is 12.4. The van der Waals surface area contributed by atoms with Crippen LogP contribution in [0.5, 0.6) is 5.75 Å². The molecule has 1 amide bonds. The fraction of sp³-hybridized carbons (Fsp3) is 0.227. The molecule has 0 fully saturated rings. The zero-order valence-electron chi connectivity index (χ0n) is 16.4. The first-order valence-corrected chi connectivity index (χ1v) is 9.41. The molecule has 2 aromatic heterocycles. The quantitative estimate of drug-likeness (QED) is 0.524. The molecule has 2 aromatic carbocycles. The molecule has 0 saturated heterocycles. The number of carbonyl (C=O) groups is 1. The highest BCUT2D eigenvalue weighted by atomic mass is 16.5. The van der Waals surface area contributed by atoms with Crippen molar-refractivity contribution in [1.82, 2.24) is 20.0 Å². The Morgan fingerprint density at radius 2 is 2.00 bits per heavy atom. The number of aryl methyl sites for hydroxylation is 1. The first-order valence-electron chi connectivity index (χ1n) is 9.41. The molecule has 0 unspecified atom stereocenters. The molecule has 4 rings (SSSR count).